The van der Waals surface area contributed by atoms with Crippen molar-refractivity contribution in [3.05, 3.63) is 53.1 Å². The highest BCUT2D eigenvalue weighted by Crippen LogP contribution is 2.28. The van der Waals surface area contributed by atoms with Crippen molar-refractivity contribution in [2.75, 3.05) is 33.3 Å². The van der Waals surface area contributed by atoms with Crippen molar-refractivity contribution in [3.63, 3.8) is 0 Å². The van der Waals surface area contributed by atoms with E-state index in [1.807, 2.05) is 0 Å². The van der Waals surface area contributed by atoms with Gasteiger partial charge in [-0.2, -0.15) is 0 Å². The Hall–Kier alpha value is -3.55. The molecule has 2 aromatic carbocycles. The Kier molecular flexibility index (Phi) is 6.97. The molecule has 0 saturated carbocycles. The Labute approximate surface area is 162 Å². The second-order valence-corrected chi connectivity index (χ2v) is 5.68. The van der Waals surface area contributed by atoms with Gasteiger partial charge < -0.3 is 24.3 Å². The SMILES string of the molecule is COC(=O)c1ccc(C)c(NC(=O)COC(=O)c2c(OC)cccc2OC)c1. The maximum Gasteiger partial charge on any atom is 0.346 e. The minimum atomic E-state index is -0.760. The molecule has 0 aliphatic rings. The van der Waals surface area contributed by atoms with Crippen molar-refractivity contribution in [1.29, 1.82) is 0 Å². The third-order valence-electron chi connectivity index (χ3n) is 3.90. The van der Waals surface area contributed by atoms with E-state index in [1.54, 1.807) is 37.3 Å². The number of carbonyl (C=O) groups is 3. The second kappa shape index (κ2) is 9.40. The number of methoxy groups -OCH3 is 3. The number of nitrogens with one attached hydrogen (secondary N) is 1. The summed E-state index contributed by atoms with van der Waals surface area (Å²) in [5.74, 6) is -1.31. The number of hydrogen-bond acceptors (Lipinski definition) is 7. The lowest BCUT2D eigenvalue weighted by Gasteiger charge is -2.13. The van der Waals surface area contributed by atoms with Gasteiger partial charge in [0, 0.05) is 5.69 Å². The molecule has 0 saturated heterocycles. The van der Waals surface area contributed by atoms with Gasteiger partial charge in [-0.3, -0.25) is 4.79 Å². The van der Waals surface area contributed by atoms with E-state index in [-0.39, 0.29) is 17.1 Å². The summed E-state index contributed by atoms with van der Waals surface area (Å²) in [6, 6.07) is 9.59. The maximum atomic E-state index is 12.4. The van der Waals surface area contributed by atoms with Gasteiger partial charge >= 0.3 is 11.9 Å². The van der Waals surface area contributed by atoms with Crippen LogP contribution in [-0.4, -0.2) is 45.8 Å². The minimum absolute atomic E-state index is 0.0872. The number of carbonyl (C=O) groups excluding carboxylic acids is 3. The smallest absolute Gasteiger partial charge is 0.346 e. The van der Waals surface area contributed by atoms with Crippen LogP contribution in [0.25, 0.3) is 0 Å². The first-order valence-corrected chi connectivity index (χ1v) is 8.28. The number of benzene rings is 2. The van der Waals surface area contributed by atoms with Crippen molar-refractivity contribution in [2.24, 2.45) is 0 Å². The van der Waals surface area contributed by atoms with Gasteiger partial charge in [-0.25, -0.2) is 9.59 Å². The van der Waals surface area contributed by atoms with Gasteiger partial charge in [-0.05, 0) is 36.8 Å². The molecule has 0 atom stereocenters. The molecular weight excluding hydrogens is 366 g/mol. The molecule has 0 spiro atoms. The van der Waals surface area contributed by atoms with Crippen LogP contribution in [-0.2, 0) is 14.3 Å². The summed E-state index contributed by atoms with van der Waals surface area (Å²) < 4.78 is 20.0. The summed E-state index contributed by atoms with van der Waals surface area (Å²) in [6.07, 6.45) is 0. The summed E-state index contributed by atoms with van der Waals surface area (Å²) >= 11 is 0. The van der Waals surface area contributed by atoms with Gasteiger partial charge in [-0.1, -0.05) is 12.1 Å². The molecule has 2 aromatic rings. The van der Waals surface area contributed by atoms with Crippen molar-refractivity contribution in [1.82, 2.24) is 0 Å². The highest BCUT2D eigenvalue weighted by molar-refractivity contribution is 5.99. The molecule has 0 aromatic heterocycles. The normalized spacial score (nSPS) is 10.0. The number of aryl methyl sites for hydroxylation is 1. The number of rotatable bonds is 7. The minimum Gasteiger partial charge on any atom is -0.496 e. The quantitative estimate of drug-likeness (QED) is 0.729. The summed E-state index contributed by atoms with van der Waals surface area (Å²) in [7, 11) is 4.09. The van der Waals surface area contributed by atoms with Crippen LogP contribution in [0.4, 0.5) is 5.69 Å². The van der Waals surface area contributed by atoms with Gasteiger partial charge in [0.05, 0.1) is 26.9 Å². The molecule has 0 aliphatic heterocycles. The second-order valence-electron chi connectivity index (χ2n) is 5.68. The first kappa shape index (κ1) is 20.8. The fourth-order valence-electron chi connectivity index (χ4n) is 2.44. The summed E-state index contributed by atoms with van der Waals surface area (Å²) in [5, 5.41) is 2.61. The summed E-state index contributed by atoms with van der Waals surface area (Å²) in [5.41, 5.74) is 1.53. The number of amides is 1. The van der Waals surface area contributed by atoms with Crippen LogP contribution in [0.1, 0.15) is 26.3 Å². The van der Waals surface area contributed by atoms with Gasteiger partial charge in [0.15, 0.2) is 6.61 Å². The van der Waals surface area contributed by atoms with Crippen LogP contribution in [0.5, 0.6) is 11.5 Å². The predicted octanol–water partition coefficient (Wildman–Crippen LogP) is 2.59. The third kappa shape index (κ3) is 4.79. The average molecular weight is 387 g/mol. The molecule has 1 amide bonds. The topological polar surface area (TPSA) is 100 Å². The zero-order chi connectivity index (χ0) is 20.7. The van der Waals surface area contributed by atoms with Crippen molar-refractivity contribution in [3.8, 4) is 11.5 Å². The number of anilines is 1. The molecule has 1 N–H and O–H groups in total. The summed E-state index contributed by atoms with van der Waals surface area (Å²) in [4.78, 5) is 36.2. The average Bonchev–Trinajstić information content (AvgIpc) is 2.72. The standard InChI is InChI=1S/C20H21NO7/c1-12-8-9-13(19(23)27-4)10-14(12)21-17(22)11-28-20(24)18-15(25-2)6-5-7-16(18)26-3/h5-10H,11H2,1-4H3,(H,21,22). The molecule has 0 heterocycles. The molecule has 8 heteroatoms. The van der Waals surface area contributed by atoms with Crippen LogP contribution in [0.3, 0.4) is 0 Å². The van der Waals surface area contributed by atoms with E-state index < -0.39 is 24.5 Å². The van der Waals surface area contributed by atoms with Crippen LogP contribution in [0.2, 0.25) is 0 Å². The first-order valence-electron chi connectivity index (χ1n) is 8.28. The lowest BCUT2D eigenvalue weighted by atomic mass is 10.1. The maximum absolute atomic E-state index is 12.4. The largest absolute Gasteiger partial charge is 0.496 e. The molecule has 0 fully saturated rings. The zero-order valence-corrected chi connectivity index (χ0v) is 16.0. The van der Waals surface area contributed by atoms with Crippen molar-refractivity contribution < 1.29 is 33.3 Å². The molecular formula is C20H21NO7. The van der Waals surface area contributed by atoms with Gasteiger partial charge in [0.1, 0.15) is 17.1 Å². The Morgan fingerprint density at radius 2 is 1.57 bits per heavy atom. The fourth-order valence-corrected chi connectivity index (χ4v) is 2.44. The van der Waals surface area contributed by atoms with E-state index in [2.05, 4.69) is 10.1 Å². The third-order valence-corrected chi connectivity index (χ3v) is 3.90. The van der Waals surface area contributed by atoms with Crippen LogP contribution in [0.15, 0.2) is 36.4 Å². The number of hydrogen-bond donors (Lipinski definition) is 1. The fraction of sp³-hybridized carbons (Fsp3) is 0.250. The molecule has 0 bridgehead atoms. The Balaban J connectivity index is 2.08. The molecule has 0 aliphatic carbocycles. The molecule has 8 nitrogen and oxygen atoms in total. The van der Waals surface area contributed by atoms with E-state index in [0.717, 1.165) is 5.56 Å². The monoisotopic (exact) mass is 387 g/mol. The van der Waals surface area contributed by atoms with E-state index >= 15 is 0 Å². The Bertz CT molecular complexity index is 870. The lowest BCUT2D eigenvalue weighted by molar-refractivity contribution is -0.119. The van der Waals surface area contributed by atoms with E-state index in [1.165, 1.54) is 27.4 Å². The van der Waals surface area contributed by atoms with E-state index in [9.17, 15) is 14.4 Å². The zero-order valence-electron chi connectivity index (χ0n) is 16.0. The molecule has 0 radical (unpaired) electrons. The number of ether oxygens (including phenoxy) is 4. The predicted molar refractivity (Wildman–Crippen MR) is 101 cm³/mol. The Morgan fingerprint density at radius 1 is 0.929 bits per heavy atom. The van der Waals surface area contributed by atoms with Crippen LogP contribution >= 0.6 is 0 Å². The van der Waals surface area contributed by atoms with E-state index in [0.29, 0.717) is 11.3 Å². The van der Waals surface area contributed by atoms with Crippen molar-refractivity contribution >= 4 is 23.5 Å². The Morgan fingerprint density at radius 3 is 2.14 bits per heavy atom. The van der Waals surface area contributed by atoms with Gasteiger partial charge in [0.2, 0.25) is 0 Å². The van der Waals surface area contributed by atoms with E-state index in [4.69, 9.17) is 14.2 Å². The molecule has 2 rings (SSSR count). The highest BCUT2D eigenvalue weighted by Gasteiger charge is 2.21. The van der Waals surface area contributed by atoms with Crippen LogP contribution < -0.4 is 14.8 Å². The van der Waals surface area contributed by atoms with Gasteiger partial charge in [-0.15, -0.1) is 0 Å². The molecule has 0 unspecified atom stereocenters. The molecule has 28 heavy (non-hydrogen) atoms. The van der Waals surface area contributed by atoms with Crippen LogP contribution in [0, 0.1) is 6.92 Å². The number of esters is 2. The molecule has 148 valence electrons. The summed E-state index contributed by atoms with van der Waals surface area (Å²) in [6.45, 7) is 1.24. The van der Waals surface area contributed by atoms with Crippen molar-refractivity contribution in [2.45, 2.75) is 6.92 Å². The highest BCUT2D eigenvalue weighted by atomic mass is 16.5. The lowest BCUT2D eigenvalue weighted by Crippen LogP contribution is -2.22. The van der Waals surface area contributed by atoms with Gasteiger partial charge in [0.25, 0.3) is 5.91 Å². The first-order chi connectivity index (χ1) is 13.4.